The van der Waals surface area contributed by atoms with Crippen LogP contribution in [-0.2, 0) is 9.53 Å². The molecule has 0 radical (unpaired) electrons. The van der Waals surface area contributed by atoms with E-state index < -0.39 is 17.5 Å². The lowest BCUT2D eigenvalue weighted by Crippen LogP contribution is -2.27. The van der Waals surface area contributed by atoms with Crippen LogP contribution in [0.25, 0.3) is 0 Å². The molecular formula is C22H31F2N7O2. The molecule has 4 rings (SSSR count). The van der Waals surface area contributed by atoms with E-state index in [1.54, 1.807) is 12.1 Å². The van der Waals surface area contributed by atoms with Crippen molar-refractivity contribution in [3.8, 4) is 0 Å². The van der Waals surface area contributed by atoms with Crippen molar-refractivity contribution >= 4 is 17.6 Å². The molecular weight excluding hydrogens is 432 g/mol. The molecule has 0 aliphatic carbocycles. The van der Waals surface area contributed by atoms with Crippen LogP contribution in [0, 0.1) is 17.8 Å². The zero-order valence-electron chi connectivity index (χ0n) is 19.2. The topological polar surface area (TPSA) is 110 Å². The third kappa shape index (κ3) is 7.85. The average Bonchev–Trinajstić information content (AvgIpc) is 3.37. The van der Waals surface area contributed by atoms with E-state index in [2.05, 4.69) is 20.4 Å². The van der Waals surface area contributed by atoms with Gasteiger partial charge < -0.3 is 20.3 Å². The normalized spacial score (nSPS) is 20.4. The van der Waals surface area contributed by atoms with Crippen LogP contribution in [0.1, 0.15) is 40.0 Å². The molecule has 33 heavy (non-hydrogen) atoms. The van der Waals surface area contributed by atoms with Gasteiger partial charge in [0.2, 0.25) is 11.9 Å². The predicted octanol–water partition coefficient (Wildman–Crippen LogP) is 2.33. The maximum atomic E-state index is 12.7. The van der Waals surface area contributed by atoms with E-state index in [-0.39, 0.29) is 17.9 Å². The zero-order chi connectivity index (χ0) is 24.0. The maximum absolute atomic E-state index is 12.7. The molecule has 0 spiro atoms. The van der Waals surface area contributed by atoms with E-state index >= 15 is 0 Å². The van der Waals surface area contributed by atoms with Crippen LogP contribution < -0.4 is 15.5 Å². The standard InChI is InChI=1S/C14H20FN3O2.C8H11FN4/c1-14(2,3)20-13(19)8-10-6-7-18(9-10)12-5-4-11(15)16-17-12;9-7-1-2-8(12-11-7)13-4-3-6(10)5-13/h4-5,10H,6-9H2,1-3H3;1-2,6H,3-5,10H2/t10-;6-/m01/s1. The number of carbonyl (C=O) groups excluding carboxylic acids is 1. The van der Waals surface area contributed by atoms with Crippen molar-refractivity contribution in [2.24, 2.45) is 11.7 Å². The summed E-state index contributed by atoms with van der Waals surface area (Å²) in [5, 5.41) is 14.3. The number of hydrogen-bond donors (Lipinski definition) is 1. The van der Waals surface area contributed by atoms with Gasteiger partial charge >= 0.3 is 5.97 Å². The van der Waals surface area contributed by atoms with Crippen LogP contribution in [0.3, 0.4) is 0 Å². The first-order valence-electron chi connectivity index (χ1n) is 11.0. The van der Waals surface area contributed by atoms with Crippen LogP contribution in [0.15, 0.2) is 24.3 Å². The molecule has 2 aliphatic rings. The van der Waals surface area contributed by atoms with Crippen molar-refractivity contribution in [1.82, 2.24) is 20.4 Å². The summed E-state index contributed by atoms with van der Waals surface area (Å²) in [4.78, 5) is 15.8. The number of anilines is 2. The molecule has 2 aromatic rings. The SMILES string of the molecule is CC(C)(C)OC(=O)C[C@@H]1CCN(c2ccc(F)nn2)C1.N[C@@H]1CCN(c2ccc(F)nn2)C1. The molecule has 0 bridgehead atoms. The van der Waals surface area contributed by atoms with E-state index in [0.717, 1.165) is 39.0 Å². The maximum Gasteiger partial charge on any atom is 0.306 e. The molecule has 0 amide bonds. The Morgan fingerprint density at radius 2 is 1.52 bits per heavy atom. The van der Waals surface area contributed by atoms with Gasteiger partial charge in [0.25, 0.3) is 0 Å². The first kappa shape index (κ1) is 24.7. The van der Waals surface area contributed by atoms with Crippen molar-refractivity contribution in [1.29, 1.82) is 0 Å². The Kier molecular flexibility index (Phi) is 8.06. The van der Waals surface area contributed by atoms with Crippen LogP contribution in [0.4, 0.5) is 20.4 Å². The van der Waals surface area contributed by atoms with E-state index in [1.807, 2.05) is 30.6 Å². The van der Waals surface area contributed by atoms with Gasteiger partial charge in [0, 0.05) is 32.2 Å². The molecule has 0 unspecified atom stereocenters. The minimum absolute atomic E-state index is 0.172. The fourth-order valence-corrected chi connectivity index (χ4v) is 3.78. The van der Waals surface area contributed by atoms with Gasteiger partial charge in [-0.1, -0.05) is 0 Å². The average molecular weight is 464 g/mol. The number of ether oxygens (including phenoxy) is 1. The molecule has 9 nitrogen and oxygen atoms in total. The molecule has 2 fully saturated rings. The largest absolute Gasteiger partial charge is 0.460 e. The quantitative estimate of drug-likeness (QED) is 0.683. The first-order chi connectivity index (χ1) is 15.6. The Labute approximate surface area is 192 Å². The molecule has 2 aromatic heterocycles. The molecule has 0 aromatic carbocycles. The van der Waals surface area contributed by atoms with E-state index in [9.17, 15) is 13.6 Å². The van der Waals surface area contributed by atoms with Gasteiger partial charge in [0.15, 0.2) is 11.6 Å². The van der Waals surface area contributed by atoms with Crippen molar-refractivity contribution < 1.29 is 18.3 Å². The Morgan fingerprint density at radius 3 is 1.97 bits per heavy atom. The molecule has 2 aliphatic heterocycles. The molecule has 180 valence electrons. The highest BCUT2D eigenvalue weighted by atomic mass is 19.1. The van der Waals surface area contributed by atoms with Crippen molar-refractivity contribution in [3.05, 3.63) is 36.2 Å². The lowest BCUT2D eigenvalue weighted by atomic mass is 10.1. The third-order valence-electron chi connectivity index (χ3n) is 5.27. The van der Waals surface area contributed by atoms with E-state index in [1.165, 1.54) is 12.1 Å². The zero-order valence-corrected chi connectivity index (χ0v) is 19.2. The van der Waals surface area contributed by atoms with Gasteiger partial charge in [-0.25, -0.2) is 0 Å². The monoisotopic (exact) mass is 463 g/mol. The highest BCUT2D eigenvalue weighted by molar-refractivity contribution is 5.70. The smallest absolute Gasteiger partial charge is 0.306 e. The number of aromatic nitrogens is 4. The number of hydrogen-bond acceptors (Lipinski definition) is 9. The summed E-state index contributed by atoms with van der Waals surface area (Å²) in [6, 6.07) is 6.04. The first-order valence-corrected chi connectivity index (χ1v) is 11.0. The fourth-order valence-electron chi connectivity index (χ4n) is 3.78. The molecule has 2 N–H and O–H groups in total. The summed E-state index contributed by atoms with van der Waals surface area (Å²) in [5.41, 5.74) is 5.28. The Balaban J connectivity index is 0.000000203. The second kappa shape index (κ2) is 10.8. The van der Waals surface area contributed by atoms with Gasteiger partial charge in [-0.2, -0.15) is 8.78 Å². The highest BCUT2D eigenvalue weighted by Crippen LogP contribution is 2.25. The van der Waals surface area contributed by atoms with Crippen LogP contribution in [-0.4, -0.2) is 64.2 Å². The van der Waals surface area contributed by atoms with Crippen LogP contribution in [0.2, 0.25) is 0 Å². The lowest BCUT2D eigenvalue weighted by Gasteiger charge is -2.21. The molecule has 0 saturated carbocycles. The summed E-state index contributed by atoms with van der Waals surface area (Å²) in [6.45, 7) is 8.76. The van der Waals surface area contributed by atoms with E-state index in [0.29, 0.717) is 18.1 Å². The van der Waals surface area contributed by atoms with Crippen LogP contribution >= 0.6 is 0 Å². The summed E-state index contributed by atoms with van der Waals surface area (Å²) in [6.07, 6.45) is 2.26. The minimum atomic E-state index is -0.585. The second-order valence-corrected chi connectivity index (χ2v) is 9.31. The molecule has 11 heteroatoms. The van der Waals surface area contributed by atoms with Crippen molar-refractivity contribution in [3.63, 3.8) is 0 Å². The number of halogens is 2. The van der Waals surface area contributed by atoms with E-state index in [4.69, 9.17) is 10.5 Å². The summed E-state index contributed by atoms with van der Waals surface area (Å²) in [5.74, 6) is 0.296. The summed E-state index contributed by atoms with van der Waals surface area (Å²) >= 11 is 0. The van der Waals surface area contributed by atoms with Gasteiger partial charge in [-0.15, -0.1) is 20.4 Å². The molecule has 2 saturated heterocycles. The summed E-state index contributed by atoms with van der Waals surface area (Å²) in [7, 11) is 0. The highest BCUT2D eigenvalue weighted by Gasteiger charge is 2.28. The number of rotatable bonds is 4. The third-order valence-corrected chi connectivity index (χ3v) is 5.27. The van der Waals surface area contributed by atoms with Crippen LogP contribution in [0.5, 0.6) is 0 Å². The van der Waals surface area contributed by atoms with Gasteiger partial charge in [0.1, 0.15) is 5.60 Å². The Morgan fingerprint density at radius 1 is 0.970 bits per heavy atom. The fraction of sp³-hybridized carbons (Fsp3) is 0.591. The Hall–Kier alpha value is -2.95. The lowest BCUT2D eigenvalue weighted by molar-refractivity contribution is -0.155. The number of esters is 1. The van der Waals surface area contributed by atoms with Gasteiger partial charge in [0.05, 0.1) is 6.42 Å². The number of nitrogens with zero attached hydrogens (tertiary/aromatic N) is 6. The molecule has 2 atom stereocenters. The summed E-state index contributed by atoms with van der Waals surface area (Å²) < 4.78 is 30.5. The van der Waals surface area contributed by atoms with Crippen molar-refractivity contribution in [2.45, 2.75) is 51.7 Å². The Bertz CT molecular complexity index is 906. The van der Waals surface area contributed by atoms with Crippen molar-refractivity contribution in [2.75, 3.05) is 36.0 Å². The predicted molar refractivity (Wildman–Crippen MR) is 120 cm³/mol. The van der Waals surface area contributed by atoms with Gasteiger partial charge in [-0.3, -0.25) is 4.79 Å². The number of nitrogens with two attached hydrogens (primary N) is 1. The molecule has 4 heterocycles. The second-order valence-electron chi connectivity index (χ2n) is 9.31. The minimum Gasteiger partial charge on any atom is -0.460 e. The van der Waals surface area contributed by atoms with Gasteiger partial charge in [-0.05, 0) is 63.8 Å². The number of carbonyl (C=O) groups is 1.